The molecule has 0 saturated heterocycles. The molecule has 0 bridgehead atoms. The molecule has 1 fully saturated rings. The maximum absolute atomic E-state index is 5.91. The molecule has 0 spiro atoms. The first-order chi connectivity index (χ1) is 6.18. The molecule has 2 rings (SSSR count). The summed E-state index contributed by atoms with van der Waals surface area (Å²) >= 11 is 2.27. The topological polar surface area (TPSA) is 35.2 Å². The maximum atomic E-state index is 5.91. The van der Waals surface area contributed by atoms with Gasteiger partial charge in [-0.25, -0.2) is 0 Å². The lowest BCUT2D eigenvalue weighted by Gasteiger charge is -2.10. The molecule has 78 valence electrons. The molecule has 2 N–H and O–H groups in total. The molecule has 4 heteroatoms. The molecule has 0 atom stereocenters. The first-order valence-corrected chi connectivity index (χ1v) is 5.43. The van der Waals surface area contributed by atoms with E-state index in [4.69, 9.17) is 10.5 Å². The van der Waals surface area contributed by atoms with Gasteiger partial charge in [0.1, 0.15) is 12.4 Å². The van der Waals surface area contributed by atoms with E-state index < -0.39 is 0 Å². The van der Waals surface area contributed by atoms with Gasteiger partial charge in [0.25, 0.3) is 0 Å². The summed E-state index contributed by atoms with van der Waals surface area (Å²) in [6.45, 7) is 0.646. The summed E-state index contributed by atoms with van der Waals surface area (Å²) in [6.07, 6.45) is 2.19. The zero-order valence-corrected chi connectivity index (χ0v) is 10.7. The lowest BCUT2D eigenvalue weighted by molar-refractivity contribution is 0.279. The number of hydrogen-bond donors (Lipinski definition) is 1. The van der Waals surface area contributed by atoms with Gasteiger partial charge in [-0.2, -0.15) is 0 Å². The number of halogens is 2. The van der Waals surface area contributed by atoms with Crippen molar-refractivity contribution in [3.8, 4) is 5.75 Å². The molecular formula is C10H13ClINO. The van der Waals surface area contributed by atoms with Crippen LogP contribution in [0.2, 0.25) is 0 Å². The third-order valence-corrected chi connectivity index (χ3v) is 2.89. The highest BCUT2D eigenvalue weighted by Gasteiger charge is 2.39. The molecule has 14 heavy (non-hydrogen) atoms. The molecule has 0 amide bonds. The molecule has 0 radical (unpaired) electrons. The fourth-order valence-electron chi connectivity index (χ4n) is 1.09. The summed E-state index contributed by atoms with van der Waals surface area (Å²) in [4.78, 5) is 0. The molecule has 0 unspecified atom stereocenters. The van der Waals surface area contributed by atoms with Crippen molar-refractivity contribution >= 4 is 35.0 Å². The van der Waals surface area contributed by atoms with Gasteiger partial charge in [-0.05, 0) is 53.6 Å². The lowest BCUT2D eigenvalue weighted by Crippen LogP contribution is -2.29. The van der Waals surface area contributed by atoms with Gasteiger partial charge >= 0.3 is 0 Å². The van der Waals surface area contributed by atoms with Crippen LogP contribution in [-0.4, -0.2) is 12.1 Å². The minimum atomic E-state index is -0.0265. The fourth-order valence-corrected chi connectivity index (χ4v) is 1.60. The predicted octanol–water partition coefficient (Wildman–Crippen LogP) is 2.58. The van der Waals surface area contributed by atoms with Gasteiger partial charge in [-0.15, -0.1) is 12.4 Å². The van der Waals surface area contributed by atoms with Crippen molar-refractivity contribution in [2.45, 2.75) is 18.4 Å². The Balaban J connectivity index is 0.000000980. The lowest BCUT2D eigenvalue weighted by atomic mass is 10.3. The van der Waals surface area contributed by atoms with Crippen molar-refractivity contribution in [3.63, 3.8) is 0 Å². The van der Waals surface area contributed by atoms with Crippen molar-refractivity contribution in [2.75, 3.05) is 6.61 Å². The van der Waals surface area contributed by atoms with Crippen LogP contribution in [0.5, 0.6) is 5.75 Å². The zero-order valence-electron chi connectivity index (χ0n) is 7.70. The van der Waals surface area contributed by atoms with Gasteiger partial charge < -0.3 is 10.5 Å². The Morgan fingerprint density at radius 3 is 2.71 bits per heavy atom. The van der Waals surface area contributed by atoms with Crippen LogP contribution in [0.3, 0.4) is 0 Å². The molecule has 1 aromatic rings. The third kappa shape index (κ3) is 3.29. The first kappa shape index (κ1) is 12.1. The molecule has 1 aliphatic rings. The second-order valence-electron chi connectivity index (χ2n) is 3.61. The van der Waals surface area contributed by atoms with Gasteiger partial charge in [-0.1, -0.05) is 6.07 Å². The van der Waals surface area contributed by atoms with Crippen LogP contribution in [0.25, 0.3) is 0 Å². The average molecular weight is 326 g/mol. The first-order valence-electron chi connectivity index (χ1n) is 4.35. The van der Waals surface area contributed by atoms with Crippen molar-refractivity contribution in [1.29, 1.82) is 0 Å². The van der Waals surface area contributed by atoms with Crippen molar-refractivity contribution in [2.24, 2.45) is 5.73 Å². The van der Waals surface area contributed by atoms with E-state index in [-0.39, 0.29) is 17.9 Å². The molecular weight excluding hydrogens is 312 g/mol. The summed E-state index contributed by atoms with van der Waals surface area (Å²) in [5, 5.41) is 0. The second kappa shape index (κ2) is 4.68. The Hall–Kier alpha value is -0.000000000000000111. The van der Waals surface area contributed by atoms with Crippen LogP contribution in [0.1, 0.15) is 12.8 Å². The predicted molar refractivity (Wildman–Crippen MR) is 68.1 cm³/mol. The summed E-state index contributed by atoms with van der Waals surface area (Å²) in [5.74, 6) is 0.920. The Morgan fingerprint density at radius 2 is 2.14 bits per heavy atom. The highest BCUT2D eigenvalue weighted by atomic mass is 127. The summed E-state index contributed by atoms with van der Waals surface area (Å²) < 4.78 is 6.78. The van der Waals surface area contributed by atoms with E-state index in [0.717, 1.165) is 18.6 Å². The molecule has 1 saturated carbocycles. The smallest absolute Gasteiger partial charge is 0.120 e. The van der Waals surface area contributed by atoms with Gasteiger partial charge in [0.05, 0.1) is 5.54 Å². The molecule has 1 aromatic carbocycles. The van der Waals surface area contributed by atoms with E-state index in [1.807, 2.05) is 24.3 Å². The monoisotopic (exact) mass is 325 g/mol. The SMILES string of the molecule is Cl.NC1(COc2cccc(I)c2)CC1. The Bertz CT molecular complexity index is 315. The van der Waals surface area contributed by atoms with Crippen LogP contribution < -0.4 is 10.5 Å². The average Bonchev–Trinajstić information content (AvgIpc) is 2.82. The summed E-state index contributed by atoms with van der Waals surface area (Å²) in [6, 6.07) is 8.02. The molecule has 0 heterocycles. The number of benzene rings is 1. The van der Waals surface area contributed by atoms with Crippen LogP contribution >= 0.6 is 35.0 Å². The van der Waals surface area contributed by atoms with Gasteiger partial charge in [0.15, 0.2) is 0 Å². The Kier molecular flexibility index (Phi) is 4.04. The van der Waals surface area contributed by atoms with E-state index >= 15 is 0 Å². The minimum absolute atomic E-state index is 0. The van der Waals surface area contributed by atoms with E-state index in [9.17, 15) is 0 Å². The highest BCUT2D eigenvalue weighted by Crippen LogP contribution is 2.32. The highest BCUT2D eigenvalue weighted by molar-refractivity contribution is 14.1. The van der Waals surface area contributed by atoms with Gasteiger partial charge in [0, 0.05) is 3.57 Å². The van der Waals surface area contributed by atoms with E-state index in [1.165, 1.54) is 3.57 Å². The van der Waals surface area contributed by atoms with E-state index in [2.05, 4.69) is 22.6 Å². The normalized spacial score (nSPS) is 17.0. The standard InChI is InChI=1S/C10H12INO.ClH/c11-8-2-1-3-9(6-8)13-7-10(12)4-5-10;/h1-3,6H,4-5,7,12H2;1H. The van der Waals surface area contributed by atoms with E-state index in [0.29, 0.717) is 6.61 Å². The number of rotatable bonds is 3. The maximum Gasteiger partial charge on any atom is 0.120 e. The zero-order chi connectivity index (χ0) is 9.31. The largest absolute Gasteiger partial charge is 0.492 e. The number of nitrogens with two attached hydrogens (primary N) is 1. The van der Waals surface area contributed by atoms with Crippen molar-refractivity contribution in [1.82, 2.24) is 0 Å². The minimum Gasteiger partial charge on any atom is -0.492 e. The fraction of sp³-hybridized carbons (Fsp3) is 0.400. The van der Waals surface area contributed by atoms with E-state index in [1.54, 1.807) is 0 Å². The second-order valence-corrected chi connectivity index (χ2v) is 4.85. The van der Waals surface area contributed by atoms with Crippen molar-refractivity contribution < 1.29 is 4.74 Å². The Labute approximate surface area is 104 Å². The number of ether oxygens (including phenoxy) is 1. The molecule has 1 aliphatic carbocycles. The van der Waals surface area contributed by atoms with Crippen molar-refractivity contribution in [3.05, 3.63) is 27.8 Å². The summed E-state index contributed by atoms with van der Waals surface area (Å²) in [7, 11) is 0. The van der Waals surface area contributed by atoms with Crippen LogP contribution in [0, 0.1) is 3.57 Å². The quantitative estimate of drug-likeness (QED) is 0.867. The van der Waals surface area contributed by atoms with Crippen LogP contribution in [-0.2, 0) is 0 Å². The van der Waals surface area contributed by atoms with Gasteiger partial charge in [0.2, 0.25) is 0 Å². The number of hydrogen-bond acceptors (Lipinski definition) is 2. The molecule has 0 aliphatic heterocycles. The van der Waals surface area contributed by atoms with Gasteiger partial charge in [-0.3, -0.25) is 0 Å². The van der Waals surface area contributed by atoms with Crippen LogP contribution in [0.4, 0.5) is 0 Å². The molecule has 2 nitrogen and oxygen atoms in total. The summed E-state index contributed by atoms with van der Waals surface area (Å²) in [5.41, 5.74) is 5.88. The molecule has 0 aromatic heterocycles. The third-order valence-electron chi connectivity index (χ3n) is 2.21. The Morgan fingerprint density at radius 1 is 1.43 bits per heavy atom. The van der Waals surface area contributed by atoms with Crippen LogP contribution in [0.15, 0.2) is 24.3 Å².